The van der Waals surface area contributed by atoms with Gasteiger partial charge in [-0.1, -0.05) is 30.3 Å². The Bertz CT molecular complexity index is 1010. The van der Waals surface area contributed by atoms with E-state index in [0.29, 0.717) is 24.3 Å². The molecule has 0 bridgehead atoms. The van der Waals surface area contributed by atoms with Crippen molar-refractivity contribution in [3.05, 3.63) is 65.2 Å². The Morgan fingerprint density at radius 2 is 1.73 bits per heavy atom. The van der Waals surface area contributed by atoms with Crippen LogP contribution in [0.25, 0.3) is 0 Å². The minimum Gasteiger partial charge on any atom is -0.337 e. The molecular formula is C23H29N3O3S. The Balaban J connectivity index is 1.44. The SMILES string of the molecule is CS(=O)(=O)N1CCCc2cc(C(=O)N3CCCN(Cc4ccccc4)CC3)ccc21. The fraction of sp³-hybridized carbons (Fsp3) is 0.435. The first kappa shape index (κ1) is 20.9. The second-order valence-corrected chi connectivity index (χ2v) is 10.1. The lowest BCUT2D eigenvalue weighted by Gasteiger charge is -2.30. The fourth-order valence-corrected chi connectivity index (χ4v) is 5.39. The summed E-state index contributed by atoms with van der Waals surface area (Å²) in [4.78, 5) is 17.5. The molecule has 0 spiro atoms. The molecule has 160 valence electrons. The van der Waals surface area contributed by atoms with E-state index in [0.717, 1.165) is 51.0 Å². The van der Waals surface area contributed by atoms with E-state index in [4.69, 9.17) is 0 Å². The van der Waals surface area contributed by atoms with Crippen molar-refractivity contribution < 1.29 is 13.2 Å². The summed E-state index contributed by atoms with van der Waals surface area (Å²) in [6.45, 7) is 4.69. The molecule has 0 atom stereocenters. The van der Waals surface area contributed by atoms with Crippen molar-refractivity contribution in [2.75, 3.05) is 43.3 Å². The van der Waals surface area contributed by atoms with Crippen LogP contribution < -0.4 is 4.31 Å². The number of amides is 1. The predicted molar refractivity (Wildman–Crippen MR) is 119 cm³/mol. The molecule has 0 radical (unpaired) electrons. The highest BCUT2D eigenvalue weighted by atomic mass is 32.2. The van der Waals surface area contributed by atoms with Crippen molar-refractivity contribution >= 4 is 21.6 Å². The fourth-order valence-electron chi connectivity index (χ4n) is 4.40. The highest BCUT2D eigenvalue weighted by molar-refractivity contribution is 7.92. The van der Waals surface area contributed by atoms with E-state index in [9.17, 15) is 13.2 Å². The van der Waals surface area contributed by atoms with Crippen LogP contribution in [0.15, 0.2) is 48.5 Å². The molecule has 2 aromatic rings. The second kappa shape index (κ2) is 8.78. The number of rotatable bonds is 4. The maximum absolute atomic E-state index is 13.2. The Labute approximate surface area is 179 Å². The predicted octanol–water partition coefficient (Wildman–Crippen LogP) is 2.75. The van der Waals surface area contributed by atoms with E-state index in [1.807, 2.05) is 17.0 Å². The van der Waals surface area contributed by atoms with Gasteiger partial charge in [0.2, 0.25) is 10.0 Å². The molecule has 1 amide bonds. The molecule has 2 aliphatic rings. The third-order valence-electron chi connectivity index (χ3n) is 5.93. The number of nitrogens with zero attached hydrogens (tertiary/aromatic N) is 3. The van der Waals surface area contributed by atoms with Gasteiger partial charge in [0.25, 0.3) is 5.91 Å². The van der Waals surface area contributed by atoms with E-state index < -0.39 is 10.0 Å². The highest BCUT2D eigenvalue weighted by Gasteiger charge is 2.26. The molecule has 0 unspecified atom stereocenters. The van der Waals surface area contributed by atoms with Crippen molar-refractivity contribution in [1.82, 2.24) is 9.80 Å². The topological polar surface area (TPSA) is 60.9 Å². The van der Waals surface area contributed by atoms with Gasteiger partial charge in [-0.05, 0) is 48.6 Å². The Kier molecular flexibility index (Phi) is 6.11. The lowest BCUT2D eigenvalue weighted by Crippen LogP contribution is -2.36. The molecule has 0 N–H and O–H groups in total. The Morgan fingerprint density at radius 3 is 2.50 bits per heavy atom. The summed E-state index contributed by atoms with van der Waals surface area (Å²) in [5.74, 6) is 0.0378. The van der Waals surface area contributed by atoms with Gasteiger partial charge in [0, 0.05) is 44.8 Å². The average Bonchev–Trinajstić information content (AvgIpc) is 2.98. The summed E-state index contributed by atoms with van der Waals surface area (Å²) < 4.78 is 25.6. The minimum absolute atomic E-state index is 0.0378. The lowest BCUT2D eigenvalue weighted by molar-refractivity contribution is 0.0761. The average molecular weight is 428 g/mol. The molecule has 4 rings (SSSR count). The normalized spacial score (nSPS) is 18.0. The van der Waals surface area contributed by atoms with Gasteiger partial charge in [0.05, 0.1) is 11.9 Å². The summed E-state index contributed by atoms with van der Waals surface area (Å²) in [6.07, 6.45) is 3.76. The molecule has 0 aliphatic carbocycles. The van der Waals surface area contributed by atoms with Gasteiger partial charge in [0.1, 0.15) is 0 Å². The molecule has 0 aromatic heterocycles. The molecule has 2 aliphatic heterocycles. The van der Waals surface area contributed by atoms with Crippen LogP contribution in [-0.4, -0.2) is 63.1 Å². The summed E-state index contributed by atoms with van der Waals surface area (Å²) in [7, 11) is -3.30. The van der Waals surface area contributed by atoms with Gasteiger partial charge in [-0.3, -0.25) is 14.0 Å². The number of benzene rings is 2. The van der Waals surface area contributed by atoms with E-state index in [-0.39, 0.29) is 5.91 Å². The quantitative estimate of drug-likeness (QED) is 0.753. The number of fused-ring (bicyclic) bond motifs is 1. The van der Waals surface area contributed by atoms with Crippen LogP contribution in [0, 0.1) is 0 Å². The number of aryl methyl sites for hydroxylation is 1. The van der Waals surface area contributed by atoms with Crippen molar-refractivity contribution in [1.29, 1.82) is 0 Å². The van der Waals surface area contributed by atoms with Gasteiger partial charge in [-0.2, -0.15) is 0 Å². The molecule has 7 heteroatoms. The number of hydrogen-bond donors (Lipinski definition) is 0. The lowest BCUT2D eigenvalue weighted by atomic mass is 10.00. The maximum atomic E-state index is 13.2. The number of sulfonamides is 1. The summed E-state index contributed by atoms with van der Waals surface area (Å²) in [6, 6.07) is 15.9. The van der Waals surface area contributed by atoms with Crippen LogP contribution in [0.3, 0.4) is 0 Å². The van der Waals surface area contributed by atoms with Crippen LogP contribution in [0.1, 0.15) is 34.3 Å². The van der Waals surface area contributed by atoms with Crippen LogP contribution in [0.4, 0.5) is 5.69 Å². The third-order valence-corrected chi connectivity index (χ3v) is 7.11. The molecule has 6 nitrogen and oxygen atoms in total. The zero-order valence-corrected chi connectivity index (χ0v) is 18.3. The first-order valence-corrected chi connectivity index (χ1v) is 12.4. The number of anilines is 1. The maximum Gasteiger partial charge on any atom is 0.253 e. The zero-order valence-electron chi connectivity index (χ0n) is 17.5. The highest BCUT2D eigenvalue weighted by Crippen LogP contribution is 2.30. The van der Waals surface area contributed by atoms with Gasteiger partial charge in [-0.25, -0.2) is 8.42 Å². The van der Waals surface area contributed by atoms with Gasteiger partial charge in [0.15, 0.2) is 0 Å². The zero-order chi connectivity index (χ0) is 21.1. The van der Waals surface area contributed by atoms with E-state index in [2.05, 4.69) is 29.2 Å². The van der Waals surface area contributed by atoms with Crippen LogP contribution in [0.5, 0.6) is 0 Å². The van der Waals surface area contributed by atoms with Crippen molar-refractivity contribution in [3.8, 4) is 0 Å². The monoisotopic (exact) mass is 427 g/mol. The molecule has 1 saturated heterocycles. The Hall–Kier alpha value is -2.38. The van der Waals surface area contributed by atoms with Crippen LogP contribution >= 0.6 is 0 Å². The molecule has 0 saturated carbocycles. The summed E-state index contributed by atoms with van der Waals surface area (Å²) in [5.41, 5.74) is 3.60. The van der Waals surface area contributed by atoms with Crippen LogP contribution in [0.2, 0.25) is 0 Å². The van der Waals surface area contributed by atoms with E-state index in [1.54, 1.807) is 12.1 Å². The standard InChI is InChI=1S/C23H29N3O3S/c1-30(28,29)26-14-5-9-20-17-21(10-11-22(20)26)23(27)25-13-6-12-24(15-16-25)18-19-7-3-2-4-8-19/h2-4,7-8,10-11,17H,5-6,9,12-16,18H2,1H3. The molecular weight excluding hydrogens is 398 g/mol. The van der Waals surface area contributed by atoms with Crippen molar-refractivity contribution in [2.45, 2.75) is 25.8 Å². The van der Waals surface area contributed by atoms with Gasteiger partial charge >= 0.3 is 0 Å². The Morgan fingerprint density at radius 1 is 0.933 bits per heavy atom. The first-order chi connectivity index (χ1) is 14.4. The molecule has 1 fully saturated rings. The smallest absolute Gasteiger partial charge is 0.253 e. The van der Waals surface area contributed by atoms with Crippen molar-refractivity contribution in [2.24, 2.45) is 0 Å². The van der Waals surface area contributed by atoms with Gasteiger partial charge < -0.3 is 4.90 Å². The molecule has 2 heterocycles. The molecule has 2 aromatic carbocycles. The molecule has 30 heavy (non-hydrogen) atoms. The second-order valence-electron chi connectivity index (χ2n) is 8.19. The number of carbonyl (C=O) groups excluding carboxylic acids is 1. The van der Waals surface area contributed by atoms with E-state index >= 15 is 0 Å². The van der Waals surface area contributed by atoms with Gasteiger partial charge in [-0.15, -0.1) is 0 Å². The largest absolute Gasteiger partial charge is 0.337 e. The third kappa shape index (κ3) is 4.68. The number of carbonyl (C=O) groups is 1. The number of hydrogen-bond acceptors (Lipinski definition) is 4. The minimum atomic E-state index is -3.30. The van der Waals surface area contributed by atoms with E-state index in [1.165, 1.54) is 16.1 Å². The summed E-state index contributed by atoms with van der Waals surface area (Å²) in [5, 5.41) is 0. The summed E-state index contributed by atoms with van der Waals surface area (Å²) >= 11 is 0. The van der Waals surface area contributed by atoms with Crippen molar-refractivity contribution in [3.63, 3.8) is 0 Å². The van der Waals surface area contributed by atoms with Crippen LogP contribution in [-0.2, 0) is 23.0 Å². The first-order valence-electron chi connectivity index (χ1n) is 10.6.